The van der Waals surface area contributed by atoms with Gasteiger partial charge in [-0.05, 0) is 67.0 Å². The van der Waals surface area contributed by atoms with Gasteiger partial charge in [0.25, 0.3) is 0 Å². The van der Waals surface area contributed by atoms with E-state index in [0.29, 0.717) is 0 Å². The van der Waals surface area contributed by atoms with E-state index in [4.69, 9.17) is 13.6 Å². The SMILES string of the molecule is c1cc2c3c(c1)-c1csc4c5oc6cccc7c8csc9c%10oc%11cccc%12c%13csc%14c%13c%13c(c(c14)c(c5c67)c(c89)c%13c%10c%11%12)C3C%14O2. The van der Waals surface area contributed by atoms with Crippen LogP contribution in [0.15, 0.2) is 79.6 Å². The molecule has 13 aromatic rings. The highest BCUT2D eigenvalue weighted by molar-refractivity contribution is 7.20. The van der Waals surface area contributed by atoms with Gasteiger partial charge in [0.2, 0.25) is 0 Å². The van der Waals surface area contributed by atoms with Gasteiger partial charge in [-0.2, -0.15) is 0 Å². The minimum absolute atomic E-state index is 0.0597. The Bertz CT molecular complexity index is 3730. The van der Waals surface area contributed by atoms with E-state index in [1.54, 1.807) is 0 Å². The minimum Gasteiger partial charge on any atom is -0.484 e. The van der Waals surface area contributed by atoms with E-state index >= 15 is 0 Å². The van der Waals surface area contributed by atoms with E-state index in [1.807, 2.05) is 34.0 Å². The number of benzene rings is 6. The van der Waals surface area contributed by atoms with Crippen molar-refractivity contribution in [2.24, 2.45) is 0 Å². The summed E-state index contributed by atoms with van der Waals surface area (Å²) < 4.78 is 23.6. The zero-order valence-electron chi connectivity index (χ0n) is 24.5. The number of furan rings is 2. The molecule has 48 heavy (non-hydrogen) atoms. The van der Waals surface area contributed by atoms with E-state index in [-0.39, 0.29) is 12.0 Å². The van der Waals surface area contributed by atoms with Crippen LogP contribution in [0.2, 0.25) is 0 Å². The van der Waals surface area contributed by atoms with Crippen LogP contribution in [0, 0.1) is 0 Å². The summed E-state index contributed by atoms with van der Waals surface area (Å²) >= 11 is 5.55. The summed E-state index contributed by atoms with van der Waals surface area (Å²) in [6, 6.07) is 20.0. The summed E-state index contributed by atoms with van der Waals surface area (Å²) in [4.78, 5) is 1.36. The Hall–Kier alpha value is -5.14. The molecule has 2 unspecified atom stereocenters. The topological polar surface area (TPSA) is 35.5 Å². The molecule has 5 aromatic heterocycles. The maximum atomic E-state index is 7.12. The van der Waals surface area contributed by atoms with Crippen molar-refractivity contribution in [3.05, 3.63) is 86.7 Å². The van der Waals surface area contributed by atoms with Crippen LogP contribution in [0.25, 0.3) is 129 Å². The normalized spacial score (nSPS) is 18.2. The van der Waals surface area contributed by atoms with Crippen LogP contribution in [0.1, 0.15) is 28.0 Å². The highest BCUT2D eigenvalue weighted by Gasteiger charge is 2.48. The maximum absolute atomic E-state index is 7.12. The van der Waals surface area contributed by atoms with E-state index in [9.17, 15) is 0 Å². The lowest BCUT2D eigenvalue weighted by Crippen LogP contribution is -2.14. The first-order chi connectivity index (χ1) is 23.8. The van der Waals surface area contributed by atoms with Crippen LogP contribution < -0.4 is 4.74 Å². The summed E-state index contributed by atoms with van der Waals surface area (Å²) in [6.45, 7) is 0. The van der Waals surface area contributed by atoms with Gasteiger partial charge in [-0.25, -0.2) is 0 Å². The Morgan fingerprint density at radius 2 is 1.10 bits per heavy atom. The van der Waals surface area contributed by atoms with E-state index in [2.05, 4.69) is 70.7 Å². The molecule has 6 heteroatoms. The van der Waals surface area contributed by atoms with Gasteiger partial charge >= 0.3 is 0 Å². The van der Waals surface area contributed by atoms with Crippen molar-refractivity contribution in [2.45, 2.75) is 12.0 Å². The molecule has 3 nitrogen and oxygen atoms in total. The molecule has 218 valence electrons. The minimum atomic E-state index is -0.0597. The number of thiophene rings is 3. The van der Waals surface area contributed by atoms with Crippen LogP contribution in [-0.4, -0.2) is 0 Å². The molecule has 2 aliphatic carbocycles. The monoisotopic (exact) mass is 662 g/mol. The highest BCUT2D eigenvalue weighted by atomic mass is 32.1. The lowest BCUT2D eigenvalue weighted by molar-refractivity contribution is 0.228. The standard InChI is InChI=1S/C42H14O3S3/c1-4-13-16-10-46-40-25(16)28-31-29-26-17(11-47-41(26)37-34(31)22(13)19(7-1)43-37)14-5-2-9-21-24(14)36-33(29)30-27-18(12-48-42(27)39(36)45-21)15-6-3-8-20-23(15)35(32(28)30)38(40)44-20/h1-12,34,37H. The van der Waals surface area contributed by atoms with Crippen molar-refractivity contribution in [1.82, 2.24) is 0 Å². The predicted molar refractivity (Wildman–Crippen MR) is 201 cm³/mol. The van der Waals surface area contributed by atoms with Crippen LogP contribution >= 0.6 is 34.0 Å². The molecule has 0 radical (unpaired) electrons. The zero-order valence-corrected chi connectivity index (χ0v) is 27.0. The summed E-state index contributed by atoms with van der Waals surface area (Å²) in [5.74, 6) is 1.13. The van der Waals surface area contributed by atoms with Gasteiger partial charge in [0.05, 0.1) is 20.2 Å². The Morgan fingerprint density at radius 1 is 0.458 bits per heavy atom. The molecule has 0 saturated heterocycles. The number of hydrogen-bond donors (Lipinski definition) is 0. The number of rotatable bonds is 0. The Morgan fingerprint density at radius 3 is 1.90 bits per heavy atom. The van der Waals surface area contributed by atoms with Gasteiger partial charge < -0.3 is 13.6 Å². The molecule has 0 fully saturated rings. The third-order valence-electron chi connectivity index (χ3n) is 12.4. The molecule has 8 aromatic carbocycles. The molecule has 0 N–H and O–H groups in total. The largest absolute Gasteiger partial charge is 0.484 e. The highest BCUT2D eigenvalue weighted by Crippen LogP contribution is 2.68. The molecule has 0 bridgehead atoms. The fourth-order valence-electron chi connectivity index (χ4n) is 10.9. The number of ether oxygens (including phenoxy) is 1. The maximum Gasteiger partial charge on any atom is 0.153 e. The first-order valence-electron chi connectivity index (χ1n) is 16.4. The molecule has 0 saturated carbocycles. The second-order valence-corrected chi connectivity index (χ2v) is 16.8. The lowest BCUT2D eigenvalue weighted by atomic mass is 9.75. The van der Waals surface area contributed by atoms with Crippen molar-refractivity contribution >= 4 is 152 Å². The van der Waals surface area contributed by atoms with Crippen molar-refractivity contribution in [1.29, 1.82) is 0 Å². The molecular weight excluding hydrogens is 649 g/mol. The van der Waals surface area contributed by atoms with Crippen molar-refractivity contribution < 1.29 is 13.6 Å². The van der Waals surface area contributed by atoms with E-state index < -0.39 is 0 Å². The lowest BCUT2D eigenvalue weighted by Gasteiger charge is -2.28. The fourth-order valence-corrected chi connectivity index (χ4v) is 14.2. The Labute approximate surface area is 279 Å². The smallest absolute Gasteiger partial charge is 0.153 e. The van der Waals surface area contributed by atoms with Crippen molar-refractivity contribution in [2.75, 3.05) is 0 Å². The van der Waals surface area contributed by atoms with E-state index in [1.165, 1.54) is 123 Å². The molecular formula is C42H14O3S3. The summed E-state index contributed by atoms with van der Waals surface area (Å²) in [6.07, 6.45) is -0.0597. The third-order valence-corrected chi connectivity index (χ3v) is 15.4. The molecule has 16 rings (SSSR count). The summed E-state index contributed by atoms with van der Waals surface area (Å²) in [5, 5.41) is 28.3. The molecule has 0 amide bonds. The Balaban J connectivity index is 1.44. The second kappa shape index (κ2) is 6.61. The Kier molecular flexibility index (Phi) is 3.09. The first kappa shape index (κ1) is 22.4. The van der Waals surface area contributed by atoms with Gasteiger partial charge in [0, 0.05) is 75.8 Å². The van der Waals surface area contributed by atoms with Crippen LogP contribution in [0.4, 0.5) is 0 Å². The molecule has 3 aliphatic rings. The number of fused-ring (bicyclic) bond motifs is 6. The quantitative estimate of drug-likeness (QED) is 0.152. The van der Waals surface area contributed by atoms with Crippen LogP contribution in [-0.2, 0) is 0 Å². The number of hydrogen-bond acceptors (Lipinski definition) is 6. The molecule has 1 aliphatic heterocycles. The summed E-state index contributed by atoms with van der Waals surface area (Å²) in [7, 11) is 0. The van der Waals surface area contributed by atoms with Crippen molar-refractivity contribution in [3.8, 4) is 16.9 Å². The van der Waals surface area contributed by atoms with Gasteiger partial charge in [0.15, 0.2) is 11.2 Å². The molecule has 2 atom stereocenters. The fraction of sp³-hybridized carbons (Fsp3) is 0.0476. The second-order valence-electron chi connectivity index (χ2n) is 14.1. The van der Waals surface area contributed by atoms with Crippen molar-refractivity contribution in [3.63, 3.8) is 0 Å². The molecule has 0 spiro atoms. The zero-order chi connectivity index (χ0) is 30.0. The van der Waals surface area contributed by atoms with Gasteiger partial charge in [-0.3, -0.25) is 0 Å². The first-order valence-corrected chi connectivity index (χ1v) is 19.0. The van der Waals surface area contributed by atoms with Crippen LogP contribution in [0.5, 0.6) is 5.75 Å². The summed E-state index contributed by atoms with van der Waals surface area (Å²) in [5.41, 5.74) is 9.40. The van der Waals surface area contributed by atoms with Gasteiger partial charge in [-0.15, -0.1) is 34.0 Å². The van der Waals surface area contributed by atoms with Crippen LogP contribution in [0.3, 0.4) is 0 Å². The average Bonchev–Trinajstić information content (AvgIpc) is 3.94. The van der Waals surface area contributed by atoms with Gasteiger partial charge in [-0.1, -0.05) is 36.4 Å². The third kappa shape index (κ3) is 1.92. The average molecular weight is 663 g/mol. The van der Waals surface area contributed by atoms with E-state index in [0.717, 1.165) is 28.1 Å². The molecule has 6 heterocycles. The predicted octanol–water partition coefficient (Wildman–Crippen LogP) is 13.6. The van der Waals surface area contributed by atoms with Gasteiger partial charge in [0.1, 0.15) is 23.0 Å².